The molecule has 1 rings (SSSR count). The van der Waals surface area contributed by atoms with Crippen molar-refractivity contribution < 1.29 is 9.53 Å². The molecule has 2 N–H and O–H groups in total. The molecule has 0 saturated heterocycles. The van der Waals surface area contributed by atoms with Gasteiger partial charge in [-0.25, -0.2) is 4.79 Å². The first-order chi connectivity index (χ1) is 7.49. The summed E-state index contributed by atoms with van der Waals surface area (Å²) in [4.78, 5) is 11.2. The van der Waals surface area contributed by atoms with Crippen LogP contribution in [0.5, 0.6) is 0 Å². The van der Waals surface area contributed by atoms with Crippen LogP contribution in [0.1, 0.15) is 18.1 Å². The van der Waals surface area contributed by atoms with Gasteiger partial charge in [-0.05, 0) is 31.5 Å². The van der Waals surface area contributed by atoms with Gasteiger partial charge in [-0.3, -0.25) is 10.7 Å². The average molecular weight is 217 g/mol. The number of ether oxygens (including phenoxy) is 1. The van der Waals surface area contributed by atoms with Crippen LogP contribution in [0.25, 0.3) is 0 Å². The maximum atomic E-state index is 11.2. The van der Waals surface area contributed by atoms with Gasteiger partial charge in [-0.15, -0.1) is 0 Å². The van der Waals surface area contributed by atoms with E-state index in [2.05, 4.69) is 22.7 Å². The summed E-state index contributed by atoms with van der Waals surface area (Å²) in [5, 5.41) is 9.95. The van der Waals surface area contributed by atoms with Crippen LogP contribution >= 0.6 is 0 Å². The number of allylic oxidation sites excluding steroid dienone is 1. The Hall–Kier alpha value is -2.10. The first-order valence-electron chi connectivity index (χ1n) is 4.70. The zero-order chi connectivity index (χ0) is 12.1. The van der Waals surface area contributed by atoms with E-state index in [0.717, 1.165) is 5.56 Å². The smallest absolute Gasteiger partial charge is 0.416 e. The Kier molecular flexibility index (Phi) is 3.83. The quantitative estimate of drug-likeness (QED) is 0.454. The highest BCUT2D eigenvalue weighted by Crippen LogP contribution is 2.03. The predicted molar refractivity (Wildman–Crippen MR) is 61.3 cm³/mol. The summed E-state index contributed by atoms with van der Waals surface area (Å²) in [6, 6.07) is 8.10. The van der Waals surface area contributed by atoms with Gasteiger partial charge in [-0.2, -0.15) is 0 Å². The summed E-state index contributed by atoms with van der Waals surface area (Å²) >= 11 is 0. The molecule has 0 atom stereocenters. The monoisotopic (exact) mass is 217 g/mol. The Labute approximate surface area is 94.4 Å². The van der Waals surface area contributed by atoms with Crippen LogP contribution < -0.4 is 5.32 Å². The van der Waals surface area contributed by atoms with Crippen molar-refractivity contribution in [3.8, 4) is 0 Å². The molecular weight excluding hydrogens is 204 g/mol. The lowest BCUT2D eigenvalue weighted by Gasteiger charge is -2.07. The van der Waals surface area contributed by atoms with Gasteiger partial charge >= 0.3 is 6.09 Å². The molecule has 0 aliphatic rings. The molecule has 1 amide bonds. The molecule has 0 spiro atoms. The van der Waals surface area contributed by atoms with Gasteiger partial charge in [0.2, 0.25) is 0 Å². The minimum Gasteiger partial charge on any atom is -0.416 e. The lowest BCUT2D eigenvalue weighted by atomic mass is 10.1. The standard InChI is InChI=1S/C12H13N2O2/c1-8(2)16-12(15)14-11(13)10-6-4-5-9(3)7-10/h4,6-7H,1H2,2-3H3,(H2,13,14,15). The second-order valence-electron chi connectivity index (χ2n) is 3.35. The summed E-state index contributed by atoms with van der Waals surface area (Å²) in [6.07, 6.45) is -0.706. The molecule has 0 aliphatic heterocycles. The van der Waals surface area contributed by atoms with E-state index in [1.165, 1.54) is 0 Å². The highest BCUT2D eigenvalue weighted by Gasteiger charge is 2.07. The number of carbonyl (C=O) groups excluding carboxylic acids is 1. The minimum atomic E-state index is -0.706. The van der Waals surface area contributed by atoms with Crippen molar-refractivity contribution in [2.24, 2.45) is 0 Å². The molecule has 4 heteroatoms. The molecule has 0 heterocycles. The number of amides is 1. The lowest BCUT2D eigenvalue weighted by molar-refractivity contribution is 0.182. The predicted octanol–water partition coefficient (Wildman–Crippen LogP) is 2.38. The van der Waals surface area contributed by atoms with Crippen molar-refractivity contribution in [3.63, 3.8) is 0 Å². The van der Waals surface area contributed by atoms with Crippen molar-refractivity contribution in [2.45, 2.75) is 13.8 Å². The van der Waals surface area contributed by atoms with E-state index >= 15 is 0 Å². The van der Waals surface area contributed by atoms with Crippen LogP contribution in [-0.2, 0) is 4.74 Å². The summed E-state index contributed by atoms with van der Waals surface area (Å²) in [6.45, 7) is 6.86. The molecule has 0 unspecified atom stereocenters. The third kappa shape index (κ3) is 3.57. The zero-order valence-corrected chi connectivity index (χ0v) is 9.26. The number of hydrogen-bond donors (Lipinski definition) is 2. The Morgan fingerprint density at radius 3 is 2.88 bits per heavy atom. The second kappa shape index (κ2) is 5.11. The molecular formula is C12H13N2O2. The van der Waals surface area contributed by atoms with Crippen molar-refractivity contribution in [1.82, 2.24) is 5.32 Å². The highest BCUT2D eigenvalue weighted by molar-refractivity contribution is 6.04. The van der Waals surface area contributed by atoms with Crippen molar-refractivity contribution in [1.29, 1.82) is 5.41 Å². The Morgan fingerprint density at radius 1 is 1.62 bits per heavy atom. The summed E-state index contributed by atoms with van der Waals surface area (Å²) < 4.78 is 4.68. The maximum Gasteiger partial charge on any atom is 0.417 e. The first-order valence-corrected chi connectivity index (χ1v) is 4.70. The Morgan fingerprint density at radius 2 is 2.31 bits per heavy atom. The first kappa shape index (κ1) is 12.0. The average Bonchev–Trinajstić information content (AvgIpc) is 2.16. The number of amidine groups is 1. The Bertz CT molecular complexity index is 438. The van der Waals surface area contributed by atoms with Gasteiger partial charge in [0, 0.05) is 5.56 Å². The number of aryl methyl sites for hydroxylation is 1. The fraction of sp³-hybridized carbons (Fsp3) is 0.167. The summed E-state index contributed by atoms with van der Waals surface area (Å²) in [5.74, 6) is 0.270. The molecule has 83 valence electrons. The molecule has 16 heavy (non-hydrogen) atoms. The minimum absolute atomic E-state index is 0.0108. The number of rotatable bonds is 2. The van der Waals surface area contributed by atoms with E-state index in [1.54, 1.807) is 25.1 Å². The van der Waals surface area contributed by atoms with E-state index in [9.17, 15) is 4.79 Å². The van der Waals surface area contributed by atoms with Gasteiger partial charge < -0.3 is 4.74 Å². The van der Waals surface area contributed by atoms with Crippen LogP contribution in [0.3, 0.4) is 0 Å². The fourth-order valence-corrected chi connectivity index (χ4v) is 1.10. The Balaban J connectivity index is 2.66. The van der Waals surface area contributed by atoms with Crippen LogP contribution in [0, 0.1) is 18.4 Å². The largest absolute Gasteiger partial charge is 0.417 e. The molecule has 0 bridgehead atoms. The molecule has 0 saturated carbocycles. The van der Waals surface area contributed by atoms with E-state index < -0.39 is 6.09 Å². The van der Waals surface area contributed by atoms with E-state index in [0.29, 0.717) is 5.56 Å². The van der Waals surface area contributed by atoms with Gasteiger partial charge in [-0.1, -0.05) is 18.7 Å². The third-order valence-electron chi connectivity index (χ3n) is 1.73. The van der Waals surface area contributed by atoms with Crippen molar-refractivity contribution >= 4 is 11.9 Å². The number of carbonyl (C=O) groups is 1. The van der Waals surface area contributed by atoms with Crippen molar-refractivity contribution in [2.75, 3.05) is 0 Å². The zero-order valence-electron chi connectivity index (χ0n) is 9.26. The molecule has 0 aliphatic carbocycles. The number of benzene rings is 1. The van der Waals surface area contributed by atoms with E-state index in [-0.39, 0.29) is 11.6 Å². The van der Waals surface area contributed by atoms with Gasteiger partial charge in [0.1, 0.15) is 5.84 Å². The fourth-order valence-electron chi connectivity index (χ4n) is 1.10. The number of nitrogens with one attached hydrogen (secondary N) is 2. The topological polar surface area (TPSA) is 62.2 Å². The third-order valence-corrected chi connectivity index (χ3v) is 1.73. The molecule has 1 aromatic rings. The summed E-state index contributed by atoms with van der Waals surface area (Å²) in [7, 11) is 0. The lowest BCUT2D eigenvalue weighted by Crippen LogP contribution is -2.30. The van der Waals surface area contributed by atoms with Gasteiger partial charge in [0.15, 0.2) is 0 Å². The highest BCUT2D eigenvalue weighted by atomic mass is 16.6. The molecule has 4 nitrogen and oxygen atoms in total. The van der Waals surface area contributed by atoms with Gasteiger partial charge in [0.25, 0.3) is 0 Å². The van der Waals surface area contributed by atoms with Crippen LogP contribution in [-0.4, -0.2) is 11.9 Å². The van der Waals surface area contributed by atoms with Crippen molar-refractivity contribution in [3.05, 3.63) is 47.7 Å². The van der Waals surface area contributed by atoms with Crippen LogP contribution in [0.4, 0.5) is 4.79 Å². The van der Waals surface area contributed by atoms with Gasteiger partial charge in [0.05, 0.1) is 5.76 Å². The molecule has 0 fully saturated rings. The summed E-state index contributed by atoms with van der Waals surface area (Å²) in [5.41, 5.74) is 1.51. The normalized spacial score (nSPS) is 9.38. The van der Waals surface area contributed by atoms with E-state index in [4.69, 9.17) is 5.41 Å². The molecule has 0 aromatic heterocycles. The second-order valence-corrected chi connectivity index (χ2v) is 3.35. The van der Waals surface area contributed by atoms with Crippen LogP contribution in [0.2, 0.25) is 0 Å². The number of hydrogen-bond acceptors (Lipinski definition) is 3. The molecule has 1 radical (unpaired) electrons. The molecule has 1 aromatic carbocycles. The number of alkyl carbamates (subject to hydrolysis) is 1. The van der Waals surface area contributed by atoms with E-state index in [1.807, 2.05) is 6.92 Å². The maximum absolute atomic E-state index is 11.2. The van der Waals surface area contributed by atoms with Crippen LogP contribution in [0.15, 0.2) is 30.5 Å². The SMILES string of the molecule is C=C(C)OC(=O)NC(=N)c1cc[c]c(C)c1.